The summed E-state index contributed by atoms with van der Waals surface area (Å²) in [5.41, 5.74) is 2.75. The van der Waals surface area contributed by atoms with Gasteiger partial charge in [-0.3, -0.25) is 4.79 Å². The van der Waals surface area contributed by atoms with Gasteiger partial charge in [-0.25, -0.2) is 13.6 Å². The third kappa shape index (κ3) is 5.56. The van der Waals surface area contributed by atoms with E-state index in [1.165, 1.54) is 17.2 Å². The first-order valence-corrected chi connectivity index (χ1v) is 12.9. The molecule has 0 fully saturated rings. The summed E-state index contributed by atoms with van der Waals surface area (Å²) in [7, 11) is 0. The SMILES string of the molecule is CC1(C)CN(C(=O)c2ccc(F)c(F)c2)C=C(C(=O)OCCOCc2ccccc2)[C@H]2Nc3ccccc3C21. The van der Waals surface area contributed by atoms with E-state index < -0.39 is 35.0 Å². The fraction of sp³-hybridized carbons (Fsp3) is 0.290. The molecule has 6 nitrogen and oxygen atoms in total. The largest absolute Gasteiger partial charge is 0.460 e. The maximum absolute atomic E-state index is 14.0. The number of anilines is 1. The summed E-state index contributed by atoms with van der Waals surface area (Å²) in [5, 5.41) is 3.45. The molecule has 2 heterocycles. The maximum atomic E-state index is 14.0. The average Bonchev–Trinajstić information content (AvgIpc) is 3.27. The molecule has 0 radical (unpaired) electrons. The molecule has 0 aromatic heterocycles. The smallest absolute Gasteiger partial charge is 0.337 e. The molecular weight excluding hydrogens is 502 g/mol. The molecule has 5 rings (SSSR count). The van der Waals surface area contributed by atoms with Crippen LogP contribution in [0.15, 0.2) is 84.6 Å². The fourth-order valence-corrected chi connectivity index (χ4v) is 5.44. The highest BCUT2D eigenvalue weighted by Gasteiger charge is 2.48. The van der Waals surface area contributed by atoms with Gasteiger partial charge in [0, 0.05) is 29.9 Å². The molecule has 8 heteroatoms. The van der Waals surface area contributed by atoms with Crippen molar-refractivity contribution in [2.75, 3.05) is 25.1 Å². The van der Waals surface area contributed by atoms with Crippen LogP contribution in [-0.2, 0) is 20.9 Å². The fourth-order valence-electron chi connectivity index (χ4n) is 5.44. The number of benzene rings is 3. The average molecular weight is 533 g/mol. The zero-order chi connectivity index (χ0) is 27.6. The molecule has 2 atom stereocenters. The van der Waals surface area contributed by atoms with Gasteiger partial charge in [-0.1, -0.05) is 62.4 Å². The molecule has 2 aliphatic heterocycles. The Labute approximate surface area is 226 Å². The maximum Gasteiger partial charge on any atom is 0.337 e. The van der Waals surface area contributed by atoms with E-state index >= 15 is 0 Å². The standard InChI is InChI=1S/C31H30F2N2O4/c1-31(2)19-35(29(36)21-12-13-24(32)25(33)16-21)17-23(28-27(31)22-10-6-7-11-26(22)34-28)30(37)39-15-14-38-18-20-8-4-3-5-9-20/h3-13,16-17,27-28,34H,14-15,18-19H2,1-2H3/t27?,28-/m1/s1. The zero-order valence-corrected chi connectivity index (χ0v) is 21.8. The Morgan fingerprint density at radius 3 is 2.49 bits per heavy atom. The van der Waals surface area contributed by atoms with Crippen molar-refractivity contribution in [3.8, 4) is 0 Å². The minimum atomic E-state index is -1.11. The molecule has 3 aromatic carbocycles. The Bertz CT molecular complexity index is 1410. The summed E-state index contributed by atoms with van der Waals surface area (Å²) in [6.07, 6.45) is 1.49. The highest BCUT2D eigenvalue weighted by molar-refractivity contribution is 5.97. The predicted molar refractivity (Wildman–Crippen MR) is 143 cm³/mol. The van der Waals surface area contributed by atoms with Crippen molar-refractivity contribution in [1.82, 2.24) is 4.90 Å². The first-order valence-electron chi connectivity index (χ1n) is 12.9. The van der Waals surface area contributed by atoms with Crippen molar-refractivity contribution < 1.29 is 27.8 Å². The van der Waals surface area contributed by atoms with Gasteiger partial charge in [0.2, 0.25) is 0 Å². The topological polar surface area (TPSA) is 67.9 Å². The third-order valence-corrected chi connectivity index (χ3v) is 7.23. The van der Waals surface area contributed by atoms with E-state index in [0.29, 0.717) is 6.61 Å². The summed E-state index contributed by atoms with van der Waals surface area (Å²) in [4.78, 5) is 28.3. The Kier molecular flexibility index (Phi) is 7.48. The second-order valence-electron chi connectivity index (χ2n) is 10.5. The molecule has 0 aliphatic carbocycles. The van der Waals surface area contributed by atoms with Crippen LogP contribution >= 0.6 is 0 Å². The van der Waals surface area contributed by atoms with Gasteiger partial charge >= 0.3 is 5.97 Å². The lowest BCUT2D eigenvalue weighted by molar-refractivity contribution is -0.141. The van der Waals surface area contributed by atoms with Crippen LogP contribution in [-0.4, -0.2) is 42.6 Å². The number of rotatable bonds is 7. The number of nitrogens with one attached hydrogen (secondary N) is 1. The number of hydrogen-bond donors (Lipinski definition) is 1. The number of ether oxygens (including phenoxy) is 2. The van der Waals surface area contributed by atoms with Crippen molar-refractivity contribution in [2.24, 2.45) is 5.41 Å². The zero-order valence-electron chi connectivity index (χ0n) is 21.8. The van der Waals surface area contributed by atoms with Crippen molar-refractivity contribution in [2.45, 2.75) is 32.4 Å². The van der Waals surface area contributed by atoms with Gasteiger partial charge in [-0.2, -0.15) is 0 Å². The van der Waals surface area contributed by atoms with Gasteiger partial charge < -0.3 is 19.7 Å². The molecule has 3 aromatic rings. The molecule has 0 saturated carbocycles. The highest BCUT2D eigenvalue weighted by atomic mass is 19.2. The number of amides is 1. The monoisotopic (exact) mass is 532 g/mol. The predicted octanol–water partition coefficient (Wildman–Crippen LogP) is 5.67. The quantitative estimate of drug-likeness (QED) is 0.314. The summed E-state index contributed by atoms with van der Waals surface area (Å²) in [5.74, 6) is -3.40. The van der Waals surface area contributed by atoms with Gasteiger partial charge in [0.05, 0.1) is 24.8 Å². The Morgan fingerprint density at radius 1 is 0.974 bits per heavy atom. The molecule has 1 amide bonds. The summed E-state index contributed by atoms with van der Waals surface area (Å²) in [6, 6.07) is 20.1. The van der Waals surface area contributed by atoms with Crippen LogP contribution in [0.25, 0.3) is 0 Å². The van der Waals surface area contributed by atoms with Crippen LogP contribution < -0.4 is 5.32 Å². The van der Waals surface area contributed by atoms with Crippen LogP contribution in [0.4, 0.5) is 14.5 Å². The minimum Gasteiger partial charge on any atom is -0.460 e. The van der Waals surface area contributed by atoms with E-state index in [0.717, 1.165) is 28.9 Å². The van der Waals surface area contributed by atoms with Crippen molar-refractivity contribution in [3.63, 3.8) is 0 Å². The van der Waals surface area contributed by atoms with E-state index in [4.69, 9.17) is 9.47 Å². The summed E-state index contributed by atoms with van der Waals surface area (Å²) >= 11 is 0. The van der Waals surface area contributed by atoms with Crippen LogP contribution in [0.1, 0.15) is 41.3 Å². The summed E-state index contributed by atoms with van der Waals surface area (Å²) < 4.78 is 38.7. The third-order valence-electron chi connectivity index (χ3n) is 7.23. The van der Waals surface area contributed by atoms with Gasteiger partial charge in [0.15, 0.2) is 11.6 Å². The number of fused-ring (bicyclic) bond motifs is 3. The summed E-state index contributed by atoms with van der Waals surface area (Å²) in [6.45, 7) is 4.94. The number of para-hydroxylation sites is 1. The Balaban J connectivity index is 1.39. The van der Waals surface area contributed by atoms with E-state index in [1.807, 2.05) is 68.4 Å². The first-order chi connectivity index (χ1) is 18.7. The molecule has 39 heavy (non-hydrogen) atoms. The van der Waals surface area contributed by atoms with Gasteiger partial charge in [0.25, 0.3) is 5.91 Å². The number of carbonyl (C=O) groups excluding carboxylic acids is 2. The van der Waals surface area contributed by atoms with E-state index in [9.17, 15) is 18.4 Å². The molecule has 0 spiro atoms. The van der Waals surface area contributed by atoms with Crippen molar-refractivity contribution >= 4 is 17.6 Å². The molecule has 1 N–H and O–H groups in total. The Hall–Kier alpha value is -4.04. The van der Waals surface area contributed by atoms with E-state index in [-0.39, 0.29) is 36.8 Å². The van der Waals surface area contributed by atoms with Crippen LogP contribution in [0.5, 0.6) is 0 Å². The van der Waals surface area contributed by atoms with E-state index in [1.54, 1.807) is 0 Å². The normalized spacial score (nSPS) is 19.3. The number of carbonyl (C=O) groups is 2. The van der Waals surface area contributed by atoms with Crippen molar-refractivity contribution in [1.29, 1.82) is 0 Å². The van der Waals surface area contributed by atoms with Crippen LogP contribution in [0.3, 0.4) is 0 Å². The second-order valence-corrected chi connectivity index (χ2v) is 10.5. The lowest BCUT2D eigenvalue weighted by Crippen LogP contribution is -2.39. The van der Waals surface area contributed by atoms with Crippen molar-refractivity contribution in [3.05, 3.63) is 113 Å². The molecule has 1 unspecified atom stereocenters. The number of hydrogen-bond acceptors (Lipinski definition) is 5. The van der Waals surface area contributed by atoms with Gasteiger partial charge in [0.1, 0.15) is 6.61 Å². The number of nitrogens with zero attached hydrogens (tertiary/aromatic N) is 1. The van der Waals surface area contributed by atoms with Crippen LogP contribution in [0.2, 0.25) is 0 Å². The number of esters is 1. The first kappa shape index (κ1) is 26.6. The highest BCUT2D eigenvalue weighted by Crippen LogP contribution is 2.50. The molecule has 202 valence electrons. The minimum absolute atomic E-state index is 0.0107. The molecule has 0 saturated heterocycles. The van der Waals surface area contributed by atoms with Gasteiger partial charge in [-0.05, 0) is 40.8 Å². The number of halogens is 2. The molecule has 0 bridgehead atoms. The van der Waals surface area contributed by atoms with Gasteiger partial charge in [-0.15, -0.1) is 0 Å². The van der Waals surface area contributed by atoms with E-state index in [2.05, 4.69) is 5.32 Å². The molecule has 2 aliphatic rings. The molecular formula is C31H30F2N2O4. The lowest BCUT2D eigenvalue weighted by Gasteiger charge is -2.36. The lowest BCUT2D eigenvalue weighted by atomic mass is 9.71. The second kappa shape index (κ2) is 11.0. The Morgan fingerprint density at radius 2 is 1.72 bits per heavy atom. The van der Waals surface area contributed by atoms with Crippen LogP contribution in [0, 0.1) is 17.0 Å².